The Bertz CT molecular complexity index is 871. The van der Waals surface area contributed by atoms with E-state index in [2.05, 4.69) is 6.58 Å². The molecule has 2 aromatic carbocycles. The Morgan fingerprint density at radius 1 is 0.905 bits per heavy atom. The van der Waals surface area contributed by atoms with Crippen LogP contribution in [0.3, 0.4) is 0 Å². The Kier molecular flexibility index (Phi) is 3.52. The third kappa shape index (κ3) is 2.56. The predicted molar refractivity (Wildman–Crippen MR) is 87.9 cm³/mol. The van der Waals surface area contributed by atoms with Crippen molar-refractivity contribution in [3.05, 3.63) is 88.3 Å². The minimum atomic E-state index is -0.0560. The maximum absolute atomic E-state index is 12.4. The molecule has 0 bridgehead atoms. The third-order valence-corrected chi connectivity index (χ3v) is 3.29. The molecule has 0 saturated carbocycles. The minimum Gasteiger partial charge on any atom is -0.456 e. The van der Waals surface area contributed by atoms with Gasteiger partial charge in [-0.05, 0) is 23.8 Å². The van der Waals surface area contributed by atoms with Crippen LogP contribution in [0.4, 0.5) is 0 Å². The third-order valence-electron chi connectivity index (χ3n) is 3.29. The Labute approximate surface area is 122 Å². The molecule has 2 nitrogen and oxygen atoms in total. The fourth-order valence-electron chi connectivity index (χ4n) is 2.23. The van der Waals surface area contributed by atoms with Crippen LogP contribution in [-0.4, -0.2) is 0 Å². The highest BCUT2D eigenvalue weighted by molar-refractivity contribution is 5.82. The van der Waals surface area contributed by atoms with Gasteiger partial charge in [-0.25, -0.2) is 0 Å². The minimum absolute atomic E-state index is 0.0560. The second-order valence-corrected chi connectivity index (χ2v) is 4.65. The largest absolute Gasteiger partial charge is 0.456 e. The van der Waals surface area contributed by atoms with Crippen molar-refractivity contribution in [2.45, 2.75) is 0 Å². The van der Waals surface area contributed by atoms with E-state index in [9.17, 15) is 4.79 Å². The zero-order chi connectivity index (χ0) is 14.7. The fourth-order valence-corrected chi connectivity index (χ4v) is 2.23. The summed E-state index contributed by atoms with van der Waals surface area (Å²) < 4.78 is 5.83. The quantitative estimate of drug-likeness (QED) is 0.698. The molecule has 3 rings (SSSR count). The van der Waals surface area contributed by atoms with Crippen LogP contribution in [0, 0.1) is 0 Å². The van der Waals surface area contributed by atoms with Crippen LogP contribution in [0.15, 0.2) is 70.4 Å². The molecule has 0 spiro atoms. The highest BCUT2D eigenvalue weighted by Gasteiger charge is 2.09. The highest BCUT2D eigenvalue weighted by atomic mass is 16.3. The first-order valence-corrected chi connectivity index (χ1v) is 6.71. The van der Waals surface area contributed by atoms with Gasteiger partial charge in [-0.15, -0.1) is 0 Å². The number of para-hydroxylation sites is 1. The van der Waals surface area contributed by atoms with Crippen molar-refractivity contribution in [2.24, 2.45) is 0 Å². The lowest BCUT2D eigenvalue weighted by molar-refractivity contribution is 0.589. The van der Waals surface area contributed by atoms with Crippen LogP contribution >= 0.6 is 0 Å². The first-order chi connectivity index (χ1) is 10.3. The molecule has 0 radical (unpaired) electrons. The van der Waals surface area contributed by atoms with Gasteiger partial charge in [-0.2, -0.15) is 0 Å². The van der Waals surface area contributed by atoms with Crippen LogP contribution < -0.4 is 5.43 Å². The van der Waals surface area contributed by atoms with Gasteiger partial charge >= 0.3 is 0 Å². The molecule has 1 heterocycles. The summed E-state index contributed by atoms with van der Waals surface area (Å²) in [5.74, 6) is 0.526. The van der Waals surface area contributed by atoms with Gasteiger partial charge in [-0.1, -0.05) is 61.2 Å². The molecule has 0 amide bonds. The Morgan fingerprint density at radius 3 is 2.38 bits per heavy atom. The van der Waals surface area contributed by atoms with Crippen LogP contribution in [-0.2, 0) is 0 Å². The van der Waals surface area contributed by atoms with Gasteiger partial charge < -0.3 is 4.42 Å². The molecule has 1 aromatic heterocycles. The molecule has 0 aliphatic rings. The average Bonchev–Trinajstić information content (AvgIpc) is 2.54. The lowest BCUT2D eigenvalue weighted by Crippen LogP contribution is -2.07. The van der Waals surface area contributed by atoms with Crippen molar-refractivity contribution in [2.75, 3.05) is 0 Å². The number of hydrogen-bond acceptors (Lipinski definition) is 2. The van der Waals surface area contributed by atoms with Crippen LogP contribution in [0.25, 0.3) is 29.2 Å². The van der Waals surface area contributed by atoms with Crippen molar-refractivity contribution in [1.29, 1.82) is 0 Å². The summed E-state index contributed by atoms with van der Waals surface area (Å²) in [4.78, 5) is 12.4. The topological polar surface area (TPSA) is 30.2 Å². The summed E-state index contributed by atoms with van der Waals surface area (Å²) in [5, 5.41) is 0.573. The predicted octanol–water partition coefficient (Wildman–Crippen LogP) is 4.61. The maximum Gasteiger partial charge on any atom is 0.200 e. The standard InChI is InChI=1S/C19H14O2/c1-2-15-18(13-12-14-8-4-3-5-9-14)21-17-11-7-6-10-16(17)19(15)20/h2-13H,1H2/b13-12+. The monoisotopic (exact) mass is 274 g/mol. The van der Waals surface area contributed by atoms with Crippen molar-refractivity contribution in [3.63, 3.8) is 0 Å². The average molecular weight is 274 g/mol. The summed E-state index contributed by atoms with van der Waals surface area (Å²) in [7, 11) is 0. The van der Waals surface area contributed by atoms with Crippen molar-refractivity contribution in [3.8, 4) is 0 Å². The molecule has 21 heavy (non-hydrogen) atoms. The second kappa shape index (κ2) is 5.63. The van der Waals surface area contributed by atoms with Gasteiger partial charge in [-0.3, -0.25) is 4.79 Å². The summed E-state index contributed by atoms with van der Waals surface area (Å²) in [6, 6.07) is 17.1. The van der Waals surface area contributed by atoms with Crippen LogP contribution in [0.1, 0.15) is 16.9 Å². The zero-order valence-corrected chi connectivity index (χ0v) is 11.5. The SMILES string of the molecule is C=Cc1c(/C=C/c2ccccc2)oc2ccccc2c1=O. The number of benzene rings is 2. The van der Waals surface area contributed by atoms with Gasteiger partial charge in [0.05, 0.1) is 10.9 Å². The van der Waals surface area contributed by atoms with E-state index < -0.39 is 0 Å². The molecule has 0 unspecified atom stereocenters. The molecule has 0 atom stereocenters. The van der Waals surface area contributed by atoms with Gasteiger partial charge in [0.2, 0.25) is 5.43 Å². The summed E-state index contributed by atoms with van der Waals surface area (Å²) >= 11 is 0. The van der Waals surface area contributed by atoms with E-state index in [1.54, 1.807) is 24.3 Å². The smallest absolute Gasteiger partial charge is 0.200 e. The first-order valence-electron chi connectivity index (χ1n) is 6.71. The molecule has 0 saturated heterocycles. The van der Waals surface area contributed by atoms with E-state index in [0.29, 0.717) is 22.3 Å². The Hall–Kier alpha value is -2.87. The summed E-state index contributed by atoms with van der Waals surface area (Å²) in [6.45, 7) is 3.72. The van der Waals surface area contributed by atoms with Crippen LogP contribution in [0.5, 0.6) is 0 Å². The normalized spacial score (nSPS) is 11.0. The van der Waals surface area contributed by atoms with Gasteiger partial charge in [0, 0.05) is 0 Å². The Morgan fingerprint density at radius 2 is 1.62 bits per heavy atom. The van der Waals surface area contributed by atoms with E-state index in [1.807, 2.05) is 48.5 Å². The van der Waals surface area contributed by atoms with E-state index >= 15 is 0 Å². The van der Waals surface area contributed by atoms with E-state index in [0.717, 1.165) is 5.56 Å². The second-order valence-electron chi connectivity index (χ2n) is 4.65. The van der Waals surface area contributed by atoms with E-state index in [4.69, 9.17) is 4.42 Å². The zero-order valence-electron chi connectivity index (χ0n) is 11.5. The lowest BCUT2D eigenvalue weighted by Gasteiger charge is -2.03. The first kappa shape index (κ1) is 13.1. The highest BCUT2D eigenvalue weighted by Crippen LogP contribution is 2.18. The molecule has 0 aliphatic heterocycles. The molecule has 3 aromatic rings. The fraction of sp³-hybridized carbons (Fsp3) is 0. The molecular formula is C19H14O2. The maximum atomic E-state index is 12.4. The molecular weight excluding hydrogens is 260 g/mol. The summed E-state index contributed by atoms with van der Waals surface area (Å²) in [6.07, 6.45) is 5.27. The number of hydrogen-bond donors (Lipinski definition) is 0. The van der Waals surface area contributed by atoms with Crippen molar-refractivity contribution >= 4 is 29.2 Å². The summed E-state index contributed by atoms with van der Waals surface area (Å²) in [5.41, 5.74) is 2.06. The van der Waals surface area contributed by atoms with E-state index in [-0.39, 0.29) is 5.43 Å². The van der Waals surface area contributed by atoms with Gasteiger partial charge in [0.1, 0.15) is 11.3 Å². The van der Waals surface area contributed by atoms with Crippen molar-refractivity contribution in [1.82, 2.24) is 0 Å². The van der Waals surface area contributed by atoms with Crippen LogP contribution in [0.2, 0.25) is 0 Å². The van der Waals surface area contributed by atoms with E-state index in [1.165, 1.54) is 0 Å². The lowest BCUT2D eigenvalue weighted by atomic mass is 10.1. The number of fused-ring (bicyclic) bond motifs is 1. The molecule has 2 heteroatoms. The van der Waals surface area contributed by atoms with Crippen molar-refractivity contribution < 1.29 is 4.42 Å². The van der Waals surface area contributed by atoms with Gasteiger partial charge in [0.15, 0.2) is 0 Å². The molecule has 0 aliphatic carbocycles. The molecule has 0 fully saturated rings. The number of rotatable bonds is 3. The molecule has 102 valence electrons. The van der Waals surface area contributed by atoms with Gasteiger partial charge in [0.25, 0.3) is 0 Å². The molecule has 0 N–H and O–H groups in total. The Balaban J connectivity index is 2.16.